The number of hydrogen-bond acceptors (Lipinski definition) is 4. The molecular formula is C13H19Cl3N2O3S. The smallest absolute Gasteiger partial charge is 0.244 e. The van der Waals surface area contributed by atoms with Crippen LogP contribution in [0.1, 0.15) is 12.8 Å². The van der Waals surface area contributed by atoms with Crippen molar-refractivity contribution in [2.24, 2.45) is 0 Å². The first kappa shape index (κ1) is 19.8. The van der Waals surface area contributed by atoms with E-state index in [4.69, 9.17) is 27.9 Å². The Bertz CT molecular complexity index is 625. The number of nitrogens with zero attached hydrogens (tertiary/aromatic N) is 1. The molecule has 2 rings (SSSR count). The summed E-state index contributed by atoms with van der Waals surface area (Å²) in [7, 11) is -0.407. The fraction of sp³-hybridized carbons (Fsp3) is 0.538. The Morgan fingerprint density at radius 1 is 1.36 bits per heavy atom. The summed E-state index contributed by atoms with van der Waals surface area (Å²) in [6, 6.07) is 2.73. The maximum absolute atomic E-state index is 12.8. The van der Waals surface area contributed by atoms with Gasteiger partial charge in [-0.1, -0.05) is 23.2 Å². The lowest BCUT2D eigenvalue weighted by Gasteiger charge is -2.24. The highest BCUT2D eigenvalue weighted by Gasteiger charge is 2.36. The third-order valence-electron chi connectivity index (χ3n) is 3.56. The third-order valence-corrected chi connectivity index (χ3v) is 6.27. The van der Waals surface area contributed by atoms with Gasteiger partial charge in [0.05, 0.1) is 17.2 Å². The second-order valence-corrected chi connectivity index (χ2v) is 7.56. The van der Waals surface area contributed by atoms with Crippen LogP contribution in [0.4, 0.5) is 0 Å². The topological polar surface area (TPSA) is 58.6 Å². The van der Waals surface area contributed by atoms with E-state index in [9.17, 15) is 8.42 Å². The van der Waals surface area contributed by atoms with Gasteiger partial charge in [-0.05, 0) is 26.0 Å². The molecule has 0 amide bonds. The van der Waals surface area contributed by atoms with Crippen molar-refractivity contribution in [3.8, 4) is 5.75 Å². The zero-order valence-electron chi connectivity index (χ0n) is 12.3. The maximum atomic E-state index is 12.8. The molecule has 0 radical (unpaired) electrons. The van der Waals surface area contributed by atoms with Gasteiger partial charge < -0.3 is 10.1 Å². The van der Waals surface area contributed by atoms with Gasteiger partial charge in [0.25, 0.3) is 0 Å². The first-order valence-electron chi connectivity index (χ1n) is 6.61. The van der Waals surface area contributed by atoms with Gasteiger partial charge in [0.15, 0.2) is 0 Å². The lowest BCUT2D eigenvalue weighted by molar-refractivity contribution is 0.379. The summed E-state index contributed by atoms with van der Waals surface area (Å²) in [6.45, 7) is 1.11. The molecule has 1 atom stereocenters. The molecule has 1 aliphatic heterocycles. The molecule has 0 aromatic heterocycles. The number of sulfonamides is 1. The predicted octanol–water partition coefficient (Wildman–Crippen LogP) is 2.80. The van der Waals surface area contributed by atoms with Gasteiger partial charge in [0.1, 0.15) is 10.6 Å². The summed E-state index contributed by atoms with van der Waals surface area (Å²) in [5, 5.41) is 3.37. The van der Waals surface area contributed by atoms with Crippen molar-refractivity contribution in [2.75, 3.05) is 27.2 Å². The molecule has 0 saturated carbocycles. The van der Waals surface area contributed by atoms with Crippen molar-refractivity contribution < 1.29 is 13.2 Å². The number of likely N-dealkylation sites (N-methyl/N-ethyl adjacent to an activating group) is 1. The highest BCUT2D eigenvalue weighted by Crippen LogP contribution is 2.36. The molecule has 1 aromatic rings. The largest absolute Gasteiger partial charge is 0.495 e. The van der Waals surface area contributed by atoms with Crippen LogP contribution >= 0.6 is 35.6 Å². The molecule has 126 valence electrons. The van der Waals surface area contributed by atoms with Crippen molar-refractivity contribution >= 4 is 45.6 Å². The highest BCUT2D eigenvalue weighted by atomic mass is 35.5. The summed E-state index contributed by atoms with van der Waals surface area (Å²) in [4.78, 5) is 0.0259. The van der Waals surface area contributed by atoms with Crippen molar-refractivity contribution in [3.05, 3.63) is 22.2 Å². The number of rotatable bonds is 5. The van der Waals surface area contributed by atoms with Gasteiger partial charge in [-0.3, -0.25) is 0 Å². The van der Waals surface area contributed by atoms with Gasteiger partial charge in [0, 0.05) is 25.2 Å². The number of hydrogen-bond donors (Lipinski definition) is 1. The lowest BCUT2D eigenvalue weighted by Crippen LogP contribution is -2.40. The fourth-order valence-corrected chi connectivity index (χ4v) is 5.07. The normalized spacial score (nSPS) is 19.0. The van der Waals surface area contributed by atoms with Crippen LogP contribution in [0.3, 0.4) is 0 Å². The molecule has 5 nitrogen and oxygen atoms in total. The zero-order chi connectivity index (χ0) is 15.6. The van der Waals surface area contributed by atoms with Crippen molar-refractivity contribution in [1.29, 1.82) is 0 Å². The maximum Gasteiger partial charge on any atom is 0.244 e. The Hall–Kier alpha value is -0.240. The van der Waals surface area contributed by atoms with Crippen molar-refractivity contribution in [2.45, 2.75) is 23.8 Å². The van der Waals surface area contributed by atoms with Crippen LogP contribution in [0.15, 0.2) is 17.0 Å². The molecule has 1 saturated heterocycles. The molecule has 1 aromatic carbocycles. The number of methoxy groups -OCH3 is 1. The Kier molecular flexibility index (Phi) is 7.23. The van der Waals surface area contributed by atoms with E-state index in [1.807, 2.05) is 0 Å². The Balaban J connectivity index is 0.00000242. The Morgan fingerprint density at radius 2 is 2.05 bits per heavy atom. The van der Waals surface area contributed by atoms with E-state index in [2.05, 4.69) is 5.32 Å². The molecule has 22 heavy (non-hydrogen) atoms. The standard InChI is InChI=1S/C13H18Cl2N2O3S.ClH/c1-16-8-9-4-3-5-17(9)21(18,19)13-7-10(14)12(20-2)6-11(13)15;/h6-7,9,16H,3-5,8H2,1-2H3;1H. The molecule has 0 bridgehead atoms. The molecule has 0 aliphatic carbocycles. The number of halogens is 3. The van der Waals surface area contributed by atoms with Crippen LogP contribution in [0.2, 0.25) is 10.0 Å². The van der Waals surface area contributed by atoms with Crippen LogP contribution in [0.25, 0.3) is 0 Å². The van der Waals surface area contributed by atoms with Crippen LogP contribution in [0.5, 0.6) is 5.75 Å². The SMILES string of the molecule is CNCC1CCCN1S(=O)(=O)c1cc(Cl)c(OC)cc1Cl.Cl. The van der Waals surface area contributed by atoms with E-state index in [-0.39, 0.29) is 33.4 Å². The summed E-state index contributed by atoms with van der Waals surface area (Å²) < 4.78 is 32.2. The molecule has 0 spiro atoms. The summed E-state index contributed by atoms with van der Waals surface area (Å²) in [6.07, 6.45) is 1.68. The molecular weight excluding hydrogens is 371 g/mol. The minimum atomic E-state index is -3.67. The van der Waals surface area contributed by atoms with Gasteiger partial charge in [-0.2, -0.15) is 4.31 Å². The van der Waals surface area contributed by atoms with E-state index >= 15 is 0 Å². The van der Waals surface area contributed by atoms with E-state index in [0.717, 1.165) is 12.8 Å². The molecule has 1 heterocycles. The first-order valence-corrected chi connectivity index (χ1v) is 8.81. The molecule has 1 aliphatic rings. The average molecular weight is 390 g/mol. The average Bonchev–Trinajstić information content (AvgIpc) is 2.90. The number of benzene rings is 1. The van der Waals surface area contributed by atoms with E-state index in [0.29, 0.717) is 18.8 Å². The predicted molar refractivity (Wildman–Crippen MR) is 91.1 cm³/mol. The van der Waals surface area contributed by atoms with Crippen molar-refractivity contribution in [3.63, 3.8) is 0 Å². The molecule has 1 unspecified atom stereocenters. The minimum Gasteiger partial charge on any atom is -0.495 e. The van der Waals surface area contributed by atoms with Crippen LogP contribution in [-0.4, -0.2) is 46.0 Å². The van der Waals surface area contributed by atoms with Gasteiger partial charge in [-0.15, -0.1) is 12.4 Å². The number of nitrogens with one attached hydrogen (secondary N) is 1. The van der Waals surface area contributed by atoms with Gasteiger partial charge in [-0.25, -0.2) is 8.42 Å². The van der Waals surface area contributed by atoms with E-state index in [1.54, 1.807) is 7.05 Å². The van der Waals surface area contributed by atoms with E-state index in [1.165, 1.54) is 23.5 Å². The minimum absolute atomic E-state index is 0. The third kappa shape index (κ3) is 3.80. The summed E-state index contributed by atoms with van der Waals surface area (Å²) in [5.41, 5.74) is 0. The van der Waals surface area contributed by atoms with Gasteiger partial charge >= 0.3 is 0 Å². The lowest BCUT2D eigenvalue weighted by atomic mass is 10.2. The van der Waals surface area contributed by atoms with Crippen molar-refractivity contribution in [1.82, 2.24) is 9.62 Å². The quantitative estimate of drug-likeness (QED) is 0.841. The van der Waals surface area contributed by atoms with Crippen LogP contribution < -0.4 is 10.1 Å². The zero-order valence-corrected chi connectivity index (χ0v) is 15.4. The highest BCUT2D eigenvalue weighted by molar-refractivity contribution is 7.89. The van der Waals surface area contributed by atoms with Crippen LogP contribution in [-0.2, 0) is 10.0 Å². The molecule has 9 heteroatoms. The molecule has 1 fully saturated rings. The monoisotopic (exact) mass is 388 g/mol. The second kappa shape index (κ2) is 8.04. The Morgan fingerprint density at radius 3 is 2.64 bits per heavy atom. The van der Waals surface area contributed by atoms with Crippen LogP contribution in [0, 0.1) is 0 Å². The first-order chi connectivity index (χ1) is 9.91. The van der Waals surface area contributed by atoms with E-state index < -0.39 is 10.0 Å². The number of ether oxygens (including phenoxy) is 1. The fourth-order valence-electron chi connectivity index (χ4n) is 2.56. The van der Waals surface area contributed by atoms with Gasteiger partial charge in [0.2, 0.25) is 10.0 Å². The molecule has 1 N–H and O–H groups in total. The summed E-state index contributed by atoms with van der Waals surface area (Å²) in [5.74, 6) is 0.355. The Labute approximate surface area is 147 Å². The second-order valence-electron chi connectivity index (χ2n) is 4.89. The summed E-state index contributed by atoms with van der Waals surface area (Å²) >= 11 is 12.1.